The summed E-state index contributed by atoms with van der Waals surface area (Å²) in [5.41, 5.74) is 13.5. The molecule has 0 saturated heterocycles. The van der Waals surface area contributed by atoms with Crippen LogP contribution in [0.2, 0.25) is 0 Å². The molecule has 4 heterocycles. The Morgan fingerprint density at radius 2 is 0.698 bits per heavy atom. The molecule has 13 aromatic rings. The van der Waals surface area contributed by atoms with Crippen LogP contribution in [0.15, 0.2) is 217 Å². The fraction of sp³-hybridized carbons (Fsp3) is 0. The third kappa shape index (κ3) is 5.69. The van der Waals surface area contributed by atoms with E-state index in [1.807, 2.05) is 66.7 Å². The smallest absolute Gasteiger partial charge is 0.164 e. The standard InChI is InChI=1S/C57H35N5O/c1-4-14-37(15-5-1)55-58-56(38-16-6-2-7-17-38)60-57(59-55)40-27-31-46-45-30-26-39(32-53(45)63-54(46)33-40)36-24-28-42(29-25-36)62-50-23-13-11-21-44(50)48-34-47-43-20-10-12-22-49(43)61(51(47)35-52(48)62)41-18-8-3-9-19-41/h1-35H. The van der Waals surface area contributed by atoms with E-state index in [9.17, 15) is 0 Å². The van der Waals surface area contributed by atoms with E-state index < -0.39 is 0 Å². The van der Waals surface area contributed by atoms with Gasteiger partial charge in [0.1, 0.15) is 11.2 Å². The monoisotopic (exact) mass is 805 g/mol. The number of hydrogen-bond donors (Lipinski definition) is 0. The maximum Gasteiger partial charge on any atom is 0.164 e. The number of fused-ring (bicyclic) bond motifs is 9. The van der Waals surface area contributed by atoms with Crippen molar-refractivity contribution in [2.24, 2.45) is 0 Å². The maximum absolute atomic E-state index is 6.61. The summed E-state index contributed by atoms with van der Waals surface area (Å²) in [6.07, 6.45) is 0. The van der Waals surface area contributed by atoms with Crippen molar-refractivity contribution in [3.63, 3.8) is 0 Å². The first-order valence-electron chi connectivity index (χ1n) is 21.2. The lowest BCUT2D eigenvalue weighted by Crippen LogP contribution is -2.00. The molecule has 0 radical (unpaired) electrons. The average Bonchev–Trinajstić information content (AvgIpc) is 4.00. The zero-order chi connectivity index (χ0) is 41.4. The number of aromatic nitrogens is 5. The molecule has 0 aliphatic carbocycles. The first-order chi connectivity index (χ1) is 31.2. The quantitative estimate of drug-likeness (QED) is 0.168. The van der Waals surface area contributed by atoms with Gasteiger partial charge in [0, 0.05) is 60.4 Å². The minimum atomic E-state index is 0.595. The highest BCUT2D eigenvalue weighted by molar-refractivity contribution is 6.19. The van der Waals surface area contributed by atoms with Crippen molar-refractivity contribution in [1.29, 1.82) is 0 Å². The second kappa shape index (κ2) is 14.0. The summed E-state index contributed by atoms with van der Waals surface area (Å²) >= 11 is 0. The van der Waals surface area contributed by atoms with E-state index in [-0.39, 0.29) is 0 Å². The lowest BCUT2D eigenvalue weighted by atomic mass is 10.0. The van der Waals surface area contributed by atoms with Crippen molar-refractivity contribution in [3.05, 3.63) is 212 Å². The minimum absolute atomic E-state index is 0.595. The number of nitrogens with zero attached hydrogens (tertiary/aromatic N) is 5. The van der Waals surface area contributed by atoms with E-state index in [1.165, 1.54) is 43.6 Å². The molecule has 13 rings (SSSR count). The maximum atomic E-state index is 6.61. The number of para-hydroxylation sites is 3. The molecule has 0 aliphatic heterocycles. The molecule has 0 spiro atoms. The average molecular weight is 806 g/mol. The Hall–Kier alpha value is -8.61. The Morgan fingerprint density at radius 3 is 1.25 bits per heavy atom. The summed E-state index contributed by atoms with van der Waals surface area (Å²) in [7, 11) is 0. The first-order valence-corrected chi connectivity index (χ1v) is 21.2. The van der Waals surface area contributed by atoms with Crippen molar-refractivity contribution in [1.82, 2.24) is 24.1 Å². The van der Waals surface area contributed by atoms with Crippen LogP contribution in [0.25, 0.3) is 122 Å². The molecule has 0 fully saturated rings. The van der Waals surface area contributed by atoms with Crippen molar-refractivity contribution < 1.29 is 4.42 Å². The van der Waals surface area contributed by atoms with Gasteiger partial charge < -0.3 is 13.6 Å². The van der Waals surface area contributed by atoms with Crippen LogP contribution < -0.4 is 0 Å². The van der Waals surface area contributed by atoms with E-state index >= 15 is 0 Å². The van der Waals surface area contributed by atoms with Crippen LogP contribution in [0.4, 0.5) is 0 Å². The summed E-state index contributed by atoms with van der Waals surface area (Å²) < 4.78 is 11.4. The summed E-state index contributed by atoms with van der Waals surface area (Å²) in [6, 6.07) is 74.6. The van der Waals surface area contributed by atoms with Gasteiger partial charge in [0.05, 0.1) is 22.1 Å². The SMILES string of the molecule is c1ccc(-c2nc(-c3ccccc3)nc(-c3ccc4c(c3)oc3cc(-c5ccc(-n6c7ccccc7c7cc8c9ccccc9n(-c9ccccc9)c8cc76)cc5)ccc34)n2)cc1. The Labute approximate surface area is 361 Å². The van der Waals surface area contributed by atoms with E-state index in [4.69, 9.17) is 19.4 Å². The predicted octanol–water partition coefficient (Wildman–Crippen LogP) is 14.6. The van der Waals surface area contributed by atoms with Gasteiger partial charge in [0.25, 0.3) is 0 Å². The Balaban J connectivity index is 0.890. The molecule has 0 N–H and O–H groups in total. The second-order valence-electron chi connectivity index (χ2n) is 16.0. The Bertz CT molecular complexity index is 3830. The summed E-state index contributed by atoms with van der Waals surface area (Å²) in [5.74, 6) is 1.85. The van der Waals surface area contributed by atoms with Gasteiger partial charge in [0.15, 0.2) is 17.5 Å². The third-order valence-corrected chi connectivity index (χ3v) is 12.4. The fourth-order valence-corrected chi connectivity index (χ4v) is 9.40. The number of benzene rings is 9. The second-order valence-corrected chi connectivity index (χ2v) is 16.0. The molecule has 0 amide bonds. The summed E-state index contributed by atoms with van der Waals surface area (Å²) in [5, 5.41) is 7.07. The Morgan fingerprint density at radius 1 is 0.270 bits per heavy atom. The van der Waals surface area contributed by atoms with Gasteiger partial charge in [-0.3, -0.25) is 0 Å². The molecule has 0 unspecified atom stereocenters. The summed E-state index contributed by atoms with van der Waals surface area (Å²) in [6.45, 7) is 0. The van der Waals surface area contributed by atoms with Gasteiger partial charge in [0.2, 0.25) is 0 Å². The highest BCUT2D eigenvalue weighted by Crippen LogP contribution is 2.40. The molecular weight excluding hydrogens is 771 g/mol. The van der Waals surface area contributed by atoms with Crippen molar-refractivity contribution >= 4 is 65.6 Å². The van der Waals surface area contributed by atoms with Crippen molar-refractivity contribution in [3.8, 4) is 56.7 Å². The zero-order valence-electron chi connectivity index (χ0n) is 33.9. The number of rotatable bonds is 6. The fourth-order valence-electron chi connectivity index (χ4n) is 9.40. The zero-order valence-corrected chi connectivity index (χ0v) is 33.9. The molecule has 6 heteroatoms. The highest BCUT2D eigenvalue weighted by Gasteiger charge is 2.19. The molecule has 63 heavy (non-hydrogen) atoms. The third-order valence-electron chi connectivity index (χ3n) is 12.4. The minimum Gasteiger partial charge on any atom is -0.456 e. The van der Waals surface area contributed by atoms with Gasteiger partial charge in [-0.1, -0.05) is 140 Å². The lowest BCUT2D eigenvalue weighted by Gasteiger charge is -2.11. The van der Waals surface area contributed by atoms with Crippen LogP contribution in [-0.4, -0.2) is 24.1 Å². The van der Waals surface area contributed by atoms with Gasteiger partial charge in [-0.2, -0.15) is 0 Å². The largest absolute Gasteiger partial charge is 0.456 e. The van der Waals surface area contributed by atoms with Crippen LogP contribution >= 0.6 is 0 Å². The summed E-state index contributed by atoms with van der Waals surface area (Å²) in [4.78, 5) is 14.8. The van der Waals surface area contributed by atoms with E-state index in [1.54, 1.807) is 0 Å². The van der Waals surface area contributed by atoms with Gasteiger partial charge in [-0.05, 0) is 83.9 Å². The van der Waals surface area contributed by atoms with E-state index in [0.717, 1.165) is 61.1 Å². The molecular formula is C57H35N5O. The van der Waals surface area contributed by atoms with Crippen LogP contribution in [0, 0.1) is 0 Å². The van der Waals surface area contributed by atoms with Crippen LogP contribution in [0.1, 0.15) is 0 Å². The van der Waals surface area contributed by atoms with E-state index in [0.29, 0.717) is 17.5 Å². The predicted molar refractivity (Wildman–Crippen MR) is 258 cm³/mol. The van der Waals surface area contributed by atoms with Crippen LogP contribution in [0.5, 0.6) is 0 Å². The molecule has 0 saturated carbocycles. The molecule has 0 aliphatic rings. The molecule has 0 atom stereocenters. The topological polar surface area (TPSA) is 61.7 Å². The number of furan rings is 1. The molecule has 0 bridgehead atoms. The molecule has 294 valence electrons. The van der Waals surface area contributed by atoms with Gasteiger partial charge >= 0.3 is 0 Å². The highest BCUT2D eigenvalue weighted by atomic mass is 16.3. The molecule has 6 nitrogen and oxygen atoms in total. The van der Waals surface area contributed by atoms with Crippen LogP contribution in [-0.2, 0) is 0 Å². The lowest BCUT2D eigenvalue weighted by molar-refractivity contribution is 0.669. The van der Waals surface area contributed by atoms with E-state index in [2.05, 4.69) is 155 Å². The van der Waals surface area contributed by atoms with Crippen molar-refractivity contribution in [2.45, 2.75) is 0 Å². The van der Waals surface area contributed by atoms with Gasteiger partial charge in [-0.25, -0.2) is 15.0 Å². The number of hydrogen-bond acceptors (Lipinski definition) is 4. The van der Waals surface area contributed by atoms with Gasteiger partial charge in [-0.15, -0.1) is 0 Å². The molecule has 4 aromatic heterocycles. The normalized spacial score (nSPS) is 11.8. The van der Waals surface area contributed by atoms with Crippen LogP contribution in [0.3, 0.4) is 0 Å². The molecule has 9 aromatic carbocycles. The van der Waals surface area contributed by atoms with Crippen molar-refractivity contribution in [2.75, 3.05) is 0 Å². The Kier molecular flexibility index (Phi) is 7.80. The first kappa shape index (κ1) is 35.2.